The molecular weight excluding hydrogens is 460 g/mol. The molecule has 0 radical (unpaired) electrons. The second kappa shape index (κ2) is 9.60. The van der Waals surface area contributed by atoms with Crippen LogP contribution in [0.1, 0.15) is 5.56 Å². The van der Waals surface area contributed by atoms with Crippen LogP contribution in [0.25, 0.3) is 0 Å². The van der Waals surface area contributed by atoms with E-state index in [1.807, 2.05) is 31.2 Å². The van der Waals surface area contributed by atoms with Crippen LogP contribution in [0.4, 0.5) is 11.4 Å². The summed E-state index contributed by atoms with van der Waals surface area (Å²) in [6.07, 6.45) is 0. The molecule has 33 heavy (non-hydrogen) atoms. The zero-order valence-electron chi connectivity index (χ0n) is 18.2. The van der Waals surface area contributed by atoms with Crippen LogP contribution in [0, 0.1) is 6.92 Å². The van der Waals surface area contributed by atoms with E-state index in [1.54, 1.807) is 49.6 Å². The molecule has 0 fully saturated rings. The predicted molar refractivity (Wildman–Crippen MR) is 131 cm³/mol. The number of aryl methyl sites for hydroxylation is 1. The van der Waals surface area contributed by atoms with E-state index in [1.165, 1.54) is 18.9 Å². The number of methoxy groups -OCH3 is 2. The minimum Gasteiger partial charge on any atom is -0.497 e. The van der Waals surface area contributed by atoms with Gasteiger partial charge in [-0.1, -0.05) is 47.1 Å². The number of imide groups is 1. The number of anilines is 2. The van der Waals surface area contributed by atoms with Crippen LogP contribution in [0.2, 0.25) is 5.02 Å². The summed E-state index contributed by atoms with van der Waals surface area (Å²) in [5.74, 6) is 0.176. The average Bonchev–Trinajstić information content (AvgIpc) is 3.04. The summed E-state index contributed by atoms with van der Waals surface area (Å²) in [6.45, 7) is 1.99. The van der Waals surface area contributed by atoms with E-state index >= 15 is 0 Å². The smallest absolute Gasteiger partial charge is 0.283 e. The number of thioether (sulfide) groups is 1. The minimum absolute atomic E-state index is 0.161. The molecule has 3 aromatic carbocycles. The first-order chi connectivity index (χ1) is 15.9. The third-order valence-corrected chi connectivity index (χ3v) is 6.34. The standard InChI is InChI=1S/C25H21ClN2O4S/c1-15-7-10-19(11-8-15)33-23-22(27-20-12-9-18(31-2)14-21(20)32-3)24(29)28(25(23)30)17-6-4-5-16(26)13-17/h4-14,27H,1-3H3. The Morgan fingerprint density at radius 2 is 1.67 bits per heavy atom. The number of carbonyl (C=O) groups excluding carboxylic acids is 2. The Hall–Kier alpha value is -3.42. The highest BCUT2D eigenvalue weighted by atomic mass is 35.5. The van der Waals surface area contributed by atoms with Crippen LogP contribution in [0.5, 0.6) is 11.5 Å². The lowest BCUT2D eigenvalue weighted by Crippen LogP contribution is -2.32. The quantitative estimate of drug-likeness (QED) is 0.440. The van der Waals surface area contributed by atoms with Gasteiger partial charge in [-0.15, -0.1) is 0 Å². The zero-order valence-corrected chi connectivity index (χ0v) is 19.8. The third-order valence-electron chi connectivity index (χ3n) is 5.02. The summed E-state index contributed by atoms with van der Waals surface area (Å²) in [5.41, 5.74) is 2.19. The number of ether oxygens (including phenoxy) is 2. The van der Waals surface area contributed by atoms with Gasteiger partial charge in [0.15, 0.2) is 0 Å². The summed E-state index contributed by atoms with van der Waals surface area (Å²) >= 11 is 7.35. The Morgan fingerprint density at radius 3 is 2.33 bits per heavy atom. The molecule has 0 saturated carbocycles. The van der Waals surface area contributed by atoms with Gasteiger partial charge in [0.05, 0.1) is 25.6 Å². The van der Waals surface area contributed by atoms with Crippen molar-refractivity contribution in [3.63, 3.8) is 0 Å². The summed E-state index contributed by atoms with van der Waals surface area (Å²) in [4.78, 5) is 29.2. The average molecular weight is 481 g/mol. The Kier molecular flexibility index (Phi) is 6.62. The van der Waals surface area contributed by atoms with Crippen LogP contribution in [-0.4, -0.2) is 26.0 Å². The maximum Gasteiger partial charge on any atom is 0.283 e. The number of rotatable bonds is 7. The van der Waals surface area contributed by atoms with Gasteiger partial charge in [-0.2, -0.15) is 0 Å². The van der Waals surface area contributed by atoms with Crippen molar-refractivity contribution in [2.75, 3.05) is 24.4 Å². The van der Waals surface area contributed by atoms with Gasteiger partial charge in [-0.05, 0) is 49.4 Å². The molecule has 0 atom stereocenters. The molecular formula is C25H21ClN2O4S. The molecule has 8 heteroatoms. The van der Waals surface area contributed by atoms with Crippen LogP contribution >= 0.6 is 23.4 Å². The van der Waals surface area contributed by atoms with E-state index in [-0.39, 0.29) is 10.6 Å². The first-order valence-corrected chi connectivity index (χ1v) is 11.2. The molecule has 4 rings (SSSR count). The highest BCUT2D eigenvalue weighted by Crippen LogP contribution is 2.40. The van der Waals surface area contributed by atoms with E-state index in [0.29, 0.717) is 27.9 Å². The summed E-state index contributed by atoms with van der Waals surface area (Å²) in [5, 5.41) is 3.55. The number of nitrogens with zero attached hydrogens (tertiary/aromatic N) is 1. The van der Waals surface area contributed by atoms with Crippen LogP contribution in [-0.2, 0) is 9.59 Å². The van der Waals surface area contributed by atoms with Crippen LogP contribution in [0.15, 0.2) is 82.2 Å². The number of carbonyl (C=O) groups is 2. The van der Waals surface area contributed by atoms with Crippen molar-refractivity contribution in [3.05, 3.63) is 87.9 Å². The molecule has 2 amide bonds. The van der Waals surface area contributed by atoms with Crippen molar-refractivity contribution >= 4 is 46.6 Å². The molecule has 0 aliphatic carbocycles. The largest absolute Gasteiger partial charge is 0.497 e. The topological polar surface area (TPSA) is 67.9 Å². The number of benzene rings is 3. The fourth-order valence-corrected chi connectivity index (χ4v) is 4.44. The van der Waals surface area contributed by atoms with Gasteiger partial charge < -0.3 is 14.8 Å². The second-order valence-electron chi connectivity index (χ2n) is 7.24. The van der Waals surface area contributed by atoms with Gasteiger partial charge in [0.25, 0.3) is 11.8 Å². The number of amides is 2. The number of nitrogens with one attached hydrogen (secondary N) is 1. The van der Waals surface area contributed by atoms with Crippen molar-refractivity contribution in [3.8, 4) is 11.5 Å². The Bertz CT molecular complexity index is 1260. The molecule has 6 nitrogen and oxygen atoms in total. The van der Waals surface area contributed by atoms with Crippen molar-refractivity contribution in [1.29, 1.82) is 0 Å². The molecule has 3 aromatic rings. The second-order valence-corrected chi connectivity index (χ2v) is 8.76. The molecule has 0 aromatic heterocycles. The van der Waals surface area contributed by atoms with Gasteiger partial charge in [0, 0.05) is 16.0 Å². The molecule has 1 N–H and O–H groups in total. The van der Waals surface area contributed by atoms with Gasteiger partial charge in [0.1, 0.15) is 22.1 Å². The van der Waals surface area contributed by atoms with Gasteiger partial charge >= 0.3 is 0 Å². The Labute approximate surface area is 201 Å². The fraction of sp³-hybridized carbons (Fsp3) is 0.120. The fourth-order valence-electron chi connectivity index (χ4n) is 3.32. The summed E-state index contributed by atoms with van der Waals surface area (Å²) in [7, 11) is 3.08. The van der Waals surface area contributed by atoms with E-state index in [2.05, 4.69) is 5.32 Å². The normalized spacial score (nSPS) is 13.5. The van der Waals surface area contributed by atoms with Gasteiger partial charge in [-0.25, -0.2) is 4.90 Å². The Balaban J connectivity index is 1.77. The summed E-state index contributed by atoms with van der Waals surface area (Å²) in [6, 6.07) is 19.6. The van der Waals surface area contributed by atoms with E-state index < -0.39 is 11.8 Å². The lowest BCUT2D eigenvalue weighted by molar-refractivity contribution is -0.120. The molecule has 1 aliphatic rings. The molecule has 168 valence electrons. The molecule has 1 heterocycles. The minimum atomic E-state index is -0.477. The van der Waals surface area contributed by atoms with Crippen LogP contribution in [0.3, 0.4) is 0 Å². The van der Waals surface area contributed by atoms with Crippen molar-refractivity contribution < 1.29 is 19.1 Å². The zero-order chi connectivity index (χ0) is 23.5. The van der Waals surface area contributed by atoms with Crippen LogP contribution < -0.4 is 19.7 Å². The van der Waals surface area contributed by atoms with Crippen molar-refractivity contribution in [2.45, 2.75) is 11.8 Å². The van der Waals surface area contributed by atoms with Crippen molar-refractivity contribution in [2.24, 2.45) is 0 Å². The highest BCUT2D eigenvalue weighted by molar-refractivity contribution is 8.04. The van der Waals surface area contributed by atoms with E-state index in [4.69, 9.17) is 21.1 Å². The molecule has 0 saturated heterocycles. The lowest BCUT2D eigenvalue weighted by Gasteiger charge is -2.16. The lowest BCUT2D eigenvalue weighted by atomic mass is 10.2. The van der Waals surface area contributed by atoms with E-state index in [9.17, 15) is 9.59 Å². The third kappa shape index (κ3) is 4.69. The predicted octanol–water partition coefficient (Wildman–Crippen LogP) is 5.65. The number of hydrogen-bond acceptors (Lipinski definition) is 6. The van der Waals surface area contributed by atoms with Gasteiger partial charge in [0.2, 0.25) is 0 Å². The molecule has 1 aliphatic heterocycles. The van der Waals surface area contributed by atoms with Gasteiger partial charge in [-0.3, -0.25) is 9.59 Å². The molecule has 0 bridgehead atoms. The SMILES string of the molecule is COc1ccc(NC2=C(Sc3ccc(C)cc3)C(=O)N(c3cccc(Cl)c3)C2=O)c(OC)c1. The summed E-state index contributed by atoms with van der Waals surface area (Å²) < 4.78 is 10.7. The monoisotopic (exact) mass is 480 g/mol. The first-order valence-electron chi connectivity index (χ1n) is 10.0. The maximum absolute atomic E-state index is 13.5. The molecule has 0 spiro atoms. The number of hydrogen-bond donors (Lipinski definition) is 1. The van der Waals surface area contributed by atoms with E-state index in [0.717, 1.165) is 15.4 Å². The molecule has 0 unspecified atom stereocenters. The number of halogens is 1. The Morgan fingerprint density at radius 1 is 0.909 bits per heavy atom. The maximum atomic E-state index is 13.5. The first kappa shape index (κ1) is 22.8. The van der Waals surface area contributed by atoms with Crippen molar-refractivity contribution in [1.82, 2.24) is 0 Å². The highest BCUT2D eigenvalue weighted by Gasteiger charge is 2.40.